The largest absolute Gasteiger partial charge is 0.383 e. The van der Waals surface area contributed by atoms with E-state index < -0.39 is 0 Å². The smallest absolute Gasteiger partial charge is 0.137 e. The number of rotatable bonds is 1. The lowest BCUT2D eigenvalue weighted by Gasteiger charge is -2.43. The van der Waals surface area contributed by atoms with Gasteiger partial charge in [-0.05, 0) is 34.7 Å². The van der Waals surface area contributed by atoms with Gasteiger partial charge in [0.1, 0.15) is 17.5 Å². The van der Waals surface area contributed by atoms with Gasteiger partial charge in [0.05, 0.1) is 0 Å². The fourth-order valence-corrected chi connectivity index (χ4v) is 2.52. The molecule has 0 radical (unpaired) electrons. The van der Waals surface area contributed by atoms with E-state index in [0.717, 1.165) is 30.3 Å². The maximum Gasteiger partial charge on any atom is 0.137 e. The monoisotopic (exact) mass is 249 g/mol. The molecule has 2 N–H and O–H groups in total. The summed E-state index contributed by atoms with van der Waals surface area (Å²) in [5.41, 5.74) is 6.93. The number of anilines is 2. The topological polar surface area (TPSA) is 58.3 Å². The molecule has 18 heavy (non-hydrogen) atoms. The quantitative estimate of drug-likeness (QED) is 0.810. The maximum absolute atomic E-state index is 5.94. The van der Waals surface area contributed by atoms with Crippen molar-refractivity contribution in [2.75, 3.05) is 30.8 Å². The van der Waals surface area contributed by atoms with E-state index in [-0.39, 0.29) is 0 Å². The second kappa shape index (κ2) is 4.72. The minimum Gasteiger partial charge on any atom is -0.383 e. The van der Waals surface area contributed by atoms with Crippen LogP contribution in [0.4, 0.5) is 11.6 Å². The average molecular weight is 249 g/mol. The molecule has 0 saturated carbocycles. The van der Waals surface area contributed by atoms with Crippen molar-refractivity contribution in [1.82, 2.24) is 14.9 Å². The molecule has 1 saturated heterocycles. The molecule has 1 aromatic heterocycles. The maximum atomic E-state index is 5.94. The number of nitrogens with two attached hydrogens (primary N) is 1. The van der Waals surface area contributed by atoms with E-state index in [1.165, 1.54) is 0 Å². The summed E-state index contributed by atoms with van der Waals surface area (Å²) >= 11 is 0. The van der Waals surface area contributed by atoms with Gasteiger partial charge < -0.3 is 10.6 Å². The number of aryl methyl sites for hydroxylation is 1. The van der Waals surface area contributed by atoms with Crippen molar-refractivity contribution in [2.45, 2.75) is 39.8 Å². The van der Waals surface area contributed by atoms with Gasteiger partial charge in [0.15, 0.2) is 0 Å². The van der Waals surface area contributed by atoms with Gasteiger partial charge in [-0.3, -0.25) is 4.90 Å². The third-order valence-corrected chi connectivity index (χ3v) is 3.93. The lowest BCUT2D eigenvalue weighted by atomic mass is 10.1. The third-order valence-electron chi connectivity index (χ3n) is 3.93. The number of hydrogen-bond donors (Lipinski definition) is 1. The van der Waals surface area contributed by atoms with Gasteiger partial charge in [-0.2, -0.15) is 0 Å². The molecule has 0 bridgehead atoms. The highest BCUT2D eigenvalue weighted by atomic mass is 15.3. The Kier molecular flexibility index (Phi) is 3.43. The van der Waals surface area contributed by atoms with Crippen LogP contribution in [0.2, 0.25) is 0 Å². The third kappa shape index (κ3) is 2.27. The van der Waals surface area contributed by atoms with Gasteiger partial charge in [-0.1, -0.05) is 0 Å². The van der Waals surface area contributed by atoms with E-state index in [4.69, 9.17) is 5.73 Å². The fraction of sp³-hybridized carbons (Fsp3) is 0.692. The van der Waals surface area contributed by atoms with Crippen molar-refractivity contribution in [3.63, 3.8) is 0 Å². The second-order valence-corrected chi connectivity index (χ2v) is 5.37. The van der Waals surface area contributed by atoms with Gasteiger partial charge >= 0.3 is 0 Å². The molecule has 1 fully saturated rings. The van der Waals surface area contributed by atoms with Crippen LogP contribution in [-0.2, 0) is 0 Å². The van der Waals surface area contributed by atoms with E-state index in [1.807, 2.05) is 13.8 Å². The summed E-state index contributed by atoms with van der Waals surface area (Å²) in [5, 5.41) is 0. The van der Waals surface area contributed by atoms with Crippen molar-refractivity contribution in [3.8, 4) is 0 Å². The van der Waals surface area contributed by atoms with Crippen LogP contribution in [0.3, 0.4) is 0 Å². The molecular formula is C13H23N5. The Morgan fingerprint density at radius 1 is 1.11 bits per heavy atom. The van der Waals surface area contributed by atoms with Gasteiger partial charge in [0, 0.05) is 30.7 Å². The molecule has 1 aromatic rings. The highest BCUT2D eigenvalue weighted by Gasteiger charge is 2.28. The number of nitrogens with zero attached hydrogens (tertiary/aromatic N) is 4. The zero-order valence-corrected chi connectivity index (χ0v) is 11.9. The summed E-state index contributed by atoms with van der Waals surface area (Å²) in [6, 6.07) is 1.04. The summed E-state index contributed by atoms with van der Waals surface area (Å²) in [7, 11) is 2.18. The van der Waals surface area contributed by atoms with Crippen LogP contribution in [-0.4, -0.2) is 47.1 Å². The zero-order valence-electron chi connectivity index (χ0n) is 11.9. The predicted molar refractivity (Wildman–Crippen MR) is 74.8 cm³/mol. The molecule has 2 heterocycles. The standard InChI is InChI=1S/C13H23N5/c1-8-6-18(7-9(2)17(8)5)13-10(3)12(14)15-11(4)16-13/h8-9H,6-7H2,1-5H3,(H2,14,15,16). The normalized spacial score (nSPS) is 25.5. The average Bonchev–Trinajstić information content (AvgIpc) is 2.30. The highest BCUT2D eigenvalue weighted by Crippen LogP contribution is 2.25. The van der Waals surface area contributed by atoms with Gasteiger partial charge in [0.25, 0.3) is 0 Å². The van der Waals surface area contributed by atoms with E-state index in [1.54, 1.807) is 0 Å². The molecule has 0 spiro atoms. The Morgan fingerprint density at radius 3 is 2.22 bits per heavy atom. The molecule has 2 atom stereocenters. The first-order chi connectivity index (χ1) is 8.40. The summed E-state index contributed by atoms with van der Waals surface area (Å²) in [4.78, 5) is 13.5. The molecule has 5 heteroatoms. The van der Waals surface area contributed by atoms with Crippen LogP contribution >= 0.6 is 0 Å². The number of nitrogen functional groups attached to an aromatic ring is 1. The minimum atomic E-state index is 0.518. The molecule has 1 aliphatic rings. The summed E-state index contributed by atoms with van der Waals surface area (Å²) in [6.45, 7) is 10.3. The minimum absolute atomic E-state index is 0.518. The molecule has 2 unspecified atom stereocenters. The Morgan fingerprint density at radius 2 is 1.67 bits per heavy atom. The highest BCUT2D eigenvalue weighted by molar-refractivity contribution is 5.56. The number of likely N-dealkylation sites (N-methyl/N-ethyl adjacent to an activating group) is 1. The molecule has 5 nitrogen and oxygen atoms in total. The molecule has 2 rings (SSSR count). The second-order valence-electron chi connectivity index (χ2n) is 5.37. The van der Waals surface area contributed by atoms with E-state index in [2.05, 4.69) is 40.7 Å². The first-order valence-corrected chi connectivity index (χ1v) is 6.47. The van der Waals surface area contributed by atoms with E-state index >= 15 is 0 Å². The molecule has 0 aliphatic carbocycles. The van der Waals surface area contributed by atoms with Crippen LogP contribution in [0, 0.1) is 13.8 Å². The van der Waals surface area contributed by atoms with E-state index in [9.17, 15) is 0 Å². The molecule has 0 aromatic carbocycles. The fourth-order valence-electron chi connectivity index (χ4n) is 2.52. The Bertz CT molecular complexity index is 433. The molecule has 1 aliphatic heterocycles. The van der Waals surface area contributed by atoms with Crippen LogP contribution in [0.25, 0.3) is 0 Å². The van der Waals surface area contributed by atoms with Crippen LogP contribution in [0.5, 0.6) is 0 Å². The van der Waals surface area contributed by atoms with Gasteiger partial charge in [0.2, 0.25) is 0 Å². The number of piperazine rings is 1. The zero-order chi connectivity index (χ0) is 13.4. The lowest BCUT2D eigenvalue weighted by Crippen LogP contribution is -2.55. The molecular weight excluding hydrogens is 226 g/mol. The van der Waals surface area contributed by atoms with Crippen LogP contribution < -0.4 is 10.6 Å². The van der Waals surface area contributed by atoms with E-state index in [0.29, 0.717) is 17.9 Å². The Labute approximate surface area is 109 Å². The van der Waals surface area contributed by atoms with Crippen molar-refractivity contribution < 1.29 is 0 Å². The lowest BCUT2D eigenvalue weighted by molar-refractivity contribution is 0.169. The van der Waals surface area contributed by atoms with Crippen LogP contribution in [0.15, 0.2) is 0 Å². The first-order valence-electron chi connectivity index (χ1n) is 6.47. The SMILES string of the molecule is Cc1nc(N)c(C)c(N2CC(C)N(C)C(C)C2)n1. The number of aromatic nitrogens is 2. The van der Waals surface area contributed by atoms with Gasteiger partial charge in [-0.25, -0.2) is 9.97 Å². The van der Waals surface area contributed by atoms with Crippen molar-refractivity contribution >= 4 is 11.6 Å². The predicted octanol–water partition coefficient (Wildman–Crippen LogP) is 1.20. The Balaban J connectivity index is 2.32. The molecule has 0 amide bonds. The van der Waals surface area contributed by atoms with Crippen molar-refractivity contribution in [3.05, 3.63) is 11.4 Å². The molecule has 100 valence electrons. The Hall–Kier alpha value is -1.36. The van der Waals surface area contributed by atoms with Crippen molar-refractivity contribution in [1.29, 1.82) is 0 Å². The van der Waals surface area contributed by atoms with Gasteiger partial charge in [-0.15, -0.1) is 0 Å². The summed E-state index contributed by atoms with van der Waals surface area (Å²) < 4.78 is 0. The summed E-state index contributed by atoms with van der Waals surface area (Å²) in [5.74, 6) is 2.33. The first kappa shape index (κ1) is 13.1. The number of hydrogen-bond acceptors (Lipinski definition) is 5. The summed E-state index contributed by atoms with van der Waals surface area (Å²) in [6.07, 6.45) is 0. The van der Waals surface area contributed by atoms with Crippen molar-refractivity contribution in [2.24, 2.45) is 0 Å². The van der Waals surface area contributed by atoms with Crippen LogP contribution in [0.1, 0.15) is 25.2 Å².